The fraction of sp³-hybridized carbons (Fsp3) is 0.526. The van der Waals surface area contributed by atoms with E-state index in [0.717, 1.165) is 12.8 Å². The van der Waals surface area contributed by atoms with Gasteiger partial charge in [0.25, 0.3) is 0 Å². The third kappa shape index (κ3) is 1.24. The molecule has 0 radical (unpaired) electrons. The molecule has 4 aliphatic rings. The first-order valence-corrected chi connectivity index (χ1v) is 8.19. The van der Waals surface area contributed by atoms with Crippen molar-refractivity contribution in [2.75, 3.05) is 0 Å². The van der Waals surface area contributed by atoms with Crippen LogP contribution in [0.5, 0.6) is 0 Å². The molecule has 1 N–H and O–H groups in total. The topological polar surface area (TPSA) is 37.3 Å². The lowest BCUT2D eigenvalue weighted by atomic mass is 9.56. The first-order valence-electron chi connectivity index (χ1n) is 8.19. The summed E-state index contributed by atoms with van der Waals surface area (Å²) in [6.45, 7) is 0. The average molecular weight is 280 g/mol. The second kappa shape index (κ2) is 3.79. The van der Waals surface area contributed by atoms with Crippen LogP contribution in [0.3, 0.4) is 0 Å². The zero-order chi connectivity index (χ0) is 14.2. The number of aliphatic carboxylic acids is 1. The van der Waals surface area contributed by atoms with E-state index in [2.05, 4.69) is 42.5 Å². The fourth-order valence-electron chi connectivity index (χ4n) is 6.71. The molecule has 0 heterocycles. The fourth-order valence-corrected chi connectivity index (χ4v) is 6.71. The molecule has 3 fully saturated rings. The van der Waals surface area contributed by atoms with Crippen molar-refractivity contribution in [3.8, 4) is 0 Å². The van der Waals surface area contributed by atoms with Gasteiger partial charge in [-0.05, 0) is 54.4 Å². The number of carboxylic acids is 1. The molecule has 7 atom stereocenters. The molecule has 3 saturated carbocycles. The molecular weight excluding hydrogens is 260 g/mol. The number of hydrogen-bond donors (Lipinski definition) is 1. The van der Waals surface area contributed by atoms with Crippen LogP contribution in [-0.2, 0) is 10.2 Å². The van der Waals surface area contributed by atoms with Gasteiger partial charge in [-0.1, -0.05) is 42.5 Å². The third-order valence-corrected chi connectivity index (χ3v) is 7.08. The van der Waals surface area contributed by atoms with Crippen LogP contribution in [0.4, 0.5) is 0 Å². The molecule has 1 aromatic carbocycles. The number of benzene rings is 1. The van der Waals surface area contributed by atoms with Crippen LogP contribution in [0.1, 0.15) is 24.8 Å². The lowest BCUT2D eigenvalue weighted by Gasteiger charge is -2.47. The van der Waals surface area contributed by atoms with Crippen molar-refractivity contribution in [2.24, 2.45) is 35.5 Å². The summed E-state index contributed by atoms with van der Waals surface area (Å²) in [5, 5.41) is 9.56. The number of rotatable bonds is 2. The van der Waals surface area contributed by atoms with Gasteiger partial charge < -0.3 is 5.11 Å². The standard InChI is InChI=1S/C19H20O2/c20-18(21)16-10-14-9-15(16)17-11-6-7-13(8-11)19(14,17)12-4-2-1-3-5-12/h1-7,11,13-17H,8-10H2,(H,20,21). The van der Waals surface area contributed by atoms with Gasteiger partial charge in [0.15, 0.2) is 0 Å². The van der Waals surface area contributed by atoms with Gasteiger partial charge in [-0.3, -0.25) is 4.79 Å². The molecular formula is C19H20O2. The van der Waals surface area contributed by atoms with Crippen molar-refractivity contribution in [2.45, 2.75) is 24.7 Å². The Morgan fingerprint density at radius 3 is 2.67 bits per heavy atom. The molecule has 2 heteroatoms. The van der Waals surface area contributed by atoms with Gasteiger partial charge in [-0.15, -0.1) is 0 Å². The summed E-state index contributed by atoms with van der Waals surface area (Å²) < 4.78 is 0. The Labute approximate surface area is 124 Å². The number of carboxylic acid groups (broad SMARTS) is 1. The van der Waals surface area contributed by atoms with Crippen LogP contribution in [0, 0.1) is 35.5 Å². The molecule has 4 bridgehead atoms. The average Bonchev–Trinajstić information content (AvgIpc) is 3.25. The summed E-state index contributed by atoms with van der Waals surface area (Å²) >= 11 is 0. The van der Waals surface area contributed by atoms with Crippen molar-refractivity contribution in [3.63, 3.8) is 0 Å². The van der Waals surface area contributed by atoms with Crippen LogP contribution in [0.15, 0.2) is 42.5 Å². The number of allylic oxidation sites excluding steroid dienone is 2. The Morgan fingerprint density at radius 2 is 1.90 bits per heavy atom. The Kier molecular flexibility index (Phi) is 2.17. The second-order valence-electron chi connectivity index (χ2n) is 7.49. The quantitative estimate of drug-likeness (QED) is 0.665. The first kappa shape index (κ1) is 12.0. The van der Waals surface area contributed by atoms with E-state index in [4.69, 9.17) is 0 Å². The second-order valence-corrected chi connectivity index (χ2v) is 7.49. The van der Waals surface area contributed by atoms with Crippen molar-refractivity contribution in [3.05, 3.63) is 48.0 Å². The maximum Gasteiger partial charge on any atom is 0.306 e. The van der Waals surface area contributed by atoms with Crippen LogP contribution in [0.2, 0.25) is 0 Å². The molecule has 1 aromatic rings. The van der Waals surface area contributed by atoms with Gasteiger partial charge in [0.1, 0.15) is 0 Å². The van der Waals surface area contributed by atoms with Crippen LogP contribution in [-0.4, -0.2) is 11.1 Å². The van der Waals surface area contributed by atoms with Crippen molar-refractivity contribution in [1.29, 1.82) is 0 Å². The van der Waals surface area contributed by atoms with E-state index in [0.29, 0.717) is 29.6 Å². The Morgan fingerprint density at radius 1 is 1.10 bits per heavy atom. The summed E-state index contributed by atoms with van der Waals surface area (Å²) in [7, 11) is 0. The minimum absolute atomic E-state index is 0.0930. The van der Waals surface area contributed by atoms with E-state index < -0.39 is 5.97 Å². The largest absolute Gasteiger partial charge is 0.481 e. The Balaban J connectivity index is 1.68. The van der Waals surface area contributed by atoms with Gasteiger partial charge >= 0.3 is 5.97 Å². The molecule has 2 nitrogen and oxygen atoms in total. The van der Waals surface area contributed by atoms with Crippen molar-refractivity contribution in [1.82, 2.24) is 0 Å². The summed E-state index contributed by atoms with van der Waals surface area (Å²) in [5.74, 6) is 2.13. The predicted molar refractivity (Wildman–Crippen MR) is 79.7 cm³/mol. The van der Waals surface area contributed by atoms with E-state index in [-0.39, 0.29) is 11.3 Å². The molecule has 21 heavy (non-hydrogen) atoms. The third-order valence-electron chi connectivity index (χ3n) is 7.08. The summed E-state index contributed by atoms with van der Waals surface area (Å²) in [4.78, 5) is 11.6. The highest BCUT2D eigenvalue weighted by Gasteiger charge is 2.71. The lowest BCUT2D eigenvalue weighted by Crippen LogP contribution is -2.47. The summed E-state index contributed by atoms with van der Waals surface area (Å²) in [6, 6.07) is 11.0. The van der Waals surface area contributed by atoms with Gasteiger partial charge in [-0.25, -0.2) is 0 Å². The summed E-state index contributed by atoms with van der Waals surface area (Å²) in [5.41, 5.74) is 1.72. The number of carbonyl (C=O) groups is 1. The number of fused-ring (bicyclic) bond motifs is 9. The van der Waals surface area contributed by atoms with E-state index in [1.54, 1.807) is 0 Å². The summed E-state index contributed by atoms with van der Waals surface area (Å²) in [6.07, 6.45) is 8.09. The molecule has 0 aromatic heterocycles. The van der Waals surface area contributed by atoms with Gasteiger partial charge in [0.05, 0.1) is 5.92 Å². The van der Waals surface area contributed by atoms with Crippen LogP contribution in [0.25, 0.3) is 0 Å². The molecule has 5 rings (SSSR count). The maximum atomic E-state index is 11.6. The van der Waals surface area contributed by atoms with Crippen LogP contribution < -0.4 is 0 Å². The van der Waals surface area contributed by atoms with Gasteiger partial charge in [0, 0.05) is 5.41 Å². The Hall–Kier alpha value is -1.57. The molecule has 4 aliphatic carbocycles. The minimum Gasteiger partial charge on any atom is -0.481 e. The SMILES string of the molecule is O=C(O)C1CC2CC1C1C3C=CC(C3)C21c1ccccc1. The smallest absolute Gasteiger partial charge is 0.306 e. The van der Waals surface area contributed by atoms with E-state index in [1.165, 1.54) is 12.0 Å². The number of hydrogen-bond acceptors (Lipinski definition) is 1. The van der Waals surface area contributed by atoms with Crippen molar-refractivity contribution < 1.29 is 9.90 Å². The molecule has 0 aliphatic heterocycles. The Bertz CT molecular complexity index is 634. The highest BCUT2D eigenvalue weighted by atomic mass is 16.4. The molecule has 7 unspecified atom stereocenters. The van der Waals surface area contributed by atoms with Crippen molar-refractivity contribution >= 4 is 5.97 Å². The molecule has 108 valence electrons. The first-order chi connectivity index (χ1) is 10.2. The van der Waals surface area contributed by atoms with E-state index in [9.17, 15) is 9.90 Å². The lowest BCUT2D eigenvalue weighted by molar-refractivity contribution is -0.145. The predicted octanol–water partition coefficient (Wildman–Crippen LogP) is 3.49. The zero-order valence-electron chi connectivity index (χ0n) is 12.0. The maximum absolute atomic E-state index is 11.6. The molecule has 0 spiro atoms. The van der Waals surface area contributed by atoms with E-state index >= 15 is 0 Å². The highest BCUT2D eigenvalue weighted by Crippen LogP contribution is 2.73. The van der Waals surface area contributed by atoms with E-state index in [1.807, 2.05) is 0 Å². The van der Waals surface area contributed by atoms with Gasteiger partial charge in [0.2, 0.25) is 0 Å². The minimum atomic E-state index is -0.559. The molecule has 0 amide bonds. The highest BCUT2D eigenvalue weighted by molar-refractivity contribution is 5.71. The zero-order valence-corrected chi connectivity index (χ0v) is 12.0. The monoisotopic (exact) mass is 280 g/mol. The molecule has 0 saturated heterocycles. The normalized spacial score (nSPS) is 48.8. The van der Waals surface area contributed by atoms with Gasteiger partial charge in [-0.2, -0.15) is 0 Å². The van der Waals surface area contributed by atoms with Crippen LogP contribution >= 0.6 is 0 Å².